The molecule has 0 fully saturated rings. The fraction of sp³-hybridized carbons (Fsp3) is 0.250. The van der Waals surface area contributed by atoms with Crippen LogP contribution in [0.15, 0.2) is 12.7 Å². The maximum absolute atomic E-state index is 9.39. The average molecular weight is 260 g/mol. The van der Waals surface area contributed by atoms with Gasteiger partial charge < -0.3 is 5.11 Å². The molecule has 0 aromatic heterocycles. The summed E-state index contributed by atoms with van der Waals surface area (Å²) in [6, 6.07) is 0. The molecule has 0 rings (SSSR count). The van der Waals surface area contributed by atoms with Crippen LogP contribution in [-0.4, -0.2) is 92.6 Å². The molecule has 0 heterocycles. The summed E-state index contributed by atoms with van der Waals surface area (Å²) in [6.45, 7) is 2.96. The predicted molar refractivity (Wildman–Crippen MR) is 48.9 cm³/mol. The third-order valence-corrected chi connectivity index (χ3v) is 0.175. The topological polar surface area (TPSA) is 94.8 Å². The molecule has 0 radical (unpaired) electrons. The minimum atomic E-state index is -4.12. The van der Waals surface area contributed by atoms with Crippen LogP contribution in [0, 0.1) is 0 Å². The molecule has 5 nitrogen and oxygen atoms in total. The summed E-state index contributed by atoms with van der Waals surface area (Å²) >= 11 is -4.12. The van der Waals surface area contributed by atoms with Crippen molar-refractivity contribution in [3.05, 3.63) is 12.7 Å². The van der Waals surface area contributed by atoms with E-state index in [1.165, 1.54) is 0 Å². The van der Waals surface area contributed by atoms with E-state index < -0.39 is 20.1 Å². The maximum atomic E-state index is 9.39. The van der Waals surface area contributed by atoms with Crippen molar-refractivity contribution in [2.75, 3.05) is 0 Å². The van der Waals surface area contributed by atoms with Gasteiger partial charge >= 0.3 is 96.9 Å². The van der Waals surface area contributed by atoms with Gasteiger partial charge in [0.25, 0.3) is 0 Å². The molecule has 0 unspecified atom stereocenters. The molecule has 0 aromatic rings. The number of carboxylic acids is 1. The quantitative estimate of drug-likeness (QED) is 0.372. The zero-order valence-electron chi connectivity index (χ0n) is 5.39. The summed E-state index contributed by atoms with van der Waals surface area (Å²) in [7, 11) is 0. The van der Waals surface area contributed by atoms with Gasteiger partial charge in [-0.3, -0.25) is 0 Å². The molecule has 0 aliphatic carbocycles. The van der Waals surface area contributed by atoms with Gasteiger partial charge in [-0.25, -0.2) is 4.79 Å². The summed E-state index contributed by atoms with van der Waals surface area (Å²) in [5.74, 6) is -0.981. The Balaban J connectivity index is -0.0000000457. The molecule has 3 N–H and O–H groups in total. The SMILES string of the molecule is C=CC(=O)O.C[As](=O)(O)O.[NaH].[NaH]. The van der Waals surface area contributed by atoms with E-state index in [9.17, 15) is 8.53 Å². The Morgan fingerprint density at radius 2 is 1.50 bits per heavy atom. The van der Waals surface area contributed by atoms with Crippen molar-refractivity contribution < 1.29 is 21.8 Å². The molecule has 0 aliphatic rings. The van der Waals surface area contributed by atoms with E-state index in [0.717, 1.165) is 11.8 Å². The molecule has 0 saturated heterocycles. The second-order valence-corrected chi connectivity index (χ2v) is 4.88. The van der Waals surface area contributed by atoms with Crippen LogP contribution in [0.4, 0.5) is 0 Å². The van der Waals surface area contributed by atoms with Crippen molar-refractivity contribution in [1.82, 2.24) is 0 Å². The second kappa shape index (κ2) is 12.5. The first kappa shape index (κ1) is 23.4. The fourth-order valence-electron chi connectivity index (χ4n) is 0. The van der Waals surface area contributed by atoms with Crippen molar-refractivity contribution in [3.63, 3.8) is 0 Å². The van der Waals surface area contributed by atoms with Gasteiger partial charge in [-0.2, -0.15) is 0 Å². The first-order valence-corrected chi connectivity index (χ1v) is 6.48. The van der Waals surface area contributed by atoms with E-state index in [-0.39, 0.29) is 59.1 Å². The van der Waals surface area contributed by atoms with Gasteiger partial charge in [-0.05, 0) is 0 Å². The molecule has 64 valence electrons. The van der Waals surface area contributed by atoms with Gasteiger partial charge in [0.15, 0.2) is 0 Å². The average Bonchev–Trinajstić information content (AvgIpc) is 1.61. The first-order valence-electron chi connectivity index (χ1n) is 2.15. The van der Waals surface area contributed by atoms with Crippen LogP contribution >= 0.6 is 0 Å². The molecule has 0 saturated carbocycles. The number of carboxylic acid groups (broad SMARTS) is 1. The number of rotatable bonds is 1. The summed E-state index contributed by atoms with van der Waals surface area (Å²) in [5.41, 5.74) is 0.915. The zero-order valence-corrected chi connectivity index (χ0v) is 7.27. The minimum absolute atomic E-state index is 0. The molecular formula is C4H11AsNa2O5. The second-order valence-electron chi connectivity index (χ2n) is 1.38. The van der Waals surface area contributed by atoms with Gasteiger partial charge in [0.05, 0.1) is 0 Å². The van der Waals surface area contributed by atoms with Gasteiger partial charge in [0, 0.05) is 6.08 Å². The zero-order chi connectivity index (χ0) is 8.78. The fourth-order valence-corrected chi connectivity index (χ4v) is 0. The Kier molecular flexibility index (Phi) is 24.3. The van der Waals surface area contributed by atoms with Crippen molar-refractivity contribution in [1.29, 1.82) is 0 Å². The van der Waals surface area contributed by atoms with Crippen molar-refractivity contribution in [3.8, 4) is 0 Å². The van der Waals surface area contributed by atoms with Crippen LogP contribution in [0.25, 0.3) is 0 Å². The van der Waals surface area contributed by atoms with Crippen LogP contribution in [0.3, 0.4) is 0 Å². The van der Waals surface area contributed by atoms with Crippen LogP contribution in [0.2, 0.25) is 5.71 Å². The monoisotopic (exact) mass is 260 g/mol. The van der Waals surface area contributed by atoms with Crippen molar-refractivity contribution in [2.45, 2.75) is 5.71 Å². The van der Waals surface area contributed by atoms with E-state index in [1.54, 1.807) is 0 Å². The van der Waals surface area contributed by atoms with E-state index in [1.807, 2.05) is 0 Å². The van der Waals surface area contributed by atoms with E-state index in [0.29, 0.717) is 0 Å². The number of carbonyl (C=O) groups is 1. The number of hydrogen-bond acceptors (Lipinski definition) is 2. The Labute approximate surface area is 118 Å². The Morgan fingerprint density at radius 1 is 1.42 bits per heavy atom. The summed E-state index contributed by atoms with van der Waals surface area (Å²) < 4.78 is 24.8. The molecule has 0 aliphatic heterocycles. The Morgan fingerprint density at radius 3 is 1.50 bits per heavy atom. The molecular weight excluding hydrogens is 249 g/mol. The Hall–Kier alpha value is 1.49. The summed E-state index contributed by atoms with van der Waals surface area (Å²) in [6.07, 6.45) is 0.833. The standard InChI is InChI=1S/C3H4O2.CH5AsO3.2Na.2H/c1-2-3(4)5;1-2(3,4)5;;;;/h2H,1H2,(H,4,5);1H3,(H2,3,4,5);;;;. The van der Waals surface area contributed by atoms with Gasteiger partial charge in [0.2, 0.25) is 0 Å². The number of hydrogen-bond donors (Lipinski definition) is 3. The molecule has 8 heteroatoms. The van der Waals surface area contributed by atoms with Crippen LogP contribution in [0.1, 0.15) is 0 Å². The van der Waals surface area contributed by atoms with Gasteiger partial charge in [-0.15, -0.1) is 0 Å². The third-order valence-electron chi connectivity index (χ3n) is 0.175. The first-order chi connectivity index (χ1) is 4.27. The molecule has 0 spiro atoms. The molecule has 0 aromatic carbocycles. The molecule has 0 atom stereocenters. The van der Waals surface area contributed by atoms with E-state index in [4.69, 9.17) is 13.3 Å². The summed E-state index contributed by atoms with van der Waals surface area (Å²) in [4.78, 5) is 9.25. The van der Waals surface area contributed by atoms with E-state index in [2.05, 4.69) is 6.58 Å². The summed E-state index contributed by atoms with van der Waals surface area (Å²) in [5, 5.41) is 7.60. The number of aliphatic carboxylic acids is 1. The van der Waals surface area contributed by atoms with Gasteiger partial charge in [0.1, 0.15) is 0 Å². The van der Waals surface area contributed by atoms with E-state index >= 15 is 0 Å². The normalized spacial score (nSPS) is 7.58. The predicted octanol–water partition coefficient (Wildman–Crippen LogP) is -2.07. The molecule has 0 amide bonds. The molecule has 12 heavy (non-hydrogen) atoms. The van der Waals surface area contributed by atoms with Crippen LogP contribution in [-0.2, 0) is 8.53 Å². The van der Waals surface area contributed by atoms with Crippen molar-refractivity contribution >= 4 is 79.3 Å². The van der Waals surface area contributed by atoms with Crippen molar-refractivity contribution in [2.24, 2.45) is 0 Å². The van der Waals surface area contributed by atoms with Gasteiger partial charge in [-0.1, -0.05) is 6.58 Å². The Bertz CT molecular complexity index is 157. The van der Waals surface area contributed by atoms with Crippen LogP contribution < -0.4 is 0 Å². The molecule has 0 bridgehead atoms. The van der Waals surface area contributed by atoms with Crippen LogP contribution in [0.5, 0.6) is 0 Å². The third kappa shape index (κ3) is 104.